The number of nitrogens with zero attached hydrogens (tertiary/aromatic N) is 1. The number of pyridine rings is 1. The maximum Gasteiger partial charge on any atom is 0.123 e. The average Bonchev–Trinajstić information content (AvgIpc) is 2.30. The van der Waals surface area contributed by atoms with Crippen LogP contribution in [0.15, 0.2) is 42.7 Å². The summed E-state index contributed by atoms with van der Waals surface area (Å²) in [5.74, 6) is 0.258. The molecular weight excluding hydrogens is 188 g/mol. The summed E-state index contributed by atoms with van der Waals surface area (Å²) < 4.78 is 0. The number of nitrogens with two attached hydrogens (primary N) is 1. The van der Waals surface area contributed by atoms with Crippen molar-refractivity contribution in [1.82, 2.24) is 4.98 Å². The molecule has 0 saturated carbocycles. The number of hydrogen-bond acceptors (Lipinski definition) is 3. The minimum atomic E-state index is 0.258. The topological polar surface area (TPSA) is 59.1 Å². The molecule has 0 aliphatic heterocycles. The highest BCUT2D eigenvalue weighted by Gasteiger charge is 2.03. The molecule has 1 aromatic heterocycles. The van der Waals surface area contributed by atoms with Crippen LogP contribution in [-0.2, 0) is 6.54 Å². The molecule has 2 rings (SSSR count). The summed E-state index contributed by atoms with van der Waals surface area (Å²) in [6, 6.07) is 9.11. The number of para-hydroxylation sites is 1. The first-order valence-electron chi connectivity index (χ1n) is 4.73. The highest BCUT2D eigenvalue weighted by atomic mass is 16.3. The zero-order valence-corrected chi connectivity index (χ0v) is 8.22. The van der Waals surface area contributed by atoms with E-state index < -0.39 is 0 Å². The fraction of sp³-hybridized carbons (Fsp3) is 0.0833. The number of hydrogen-bond donors (Lipinski definition) is 2. The zero-order valence-electron chi connectivity index (χ0n) is 8.22. The Bertz CT molecular complexity index is 469. The lowest BCUT2D eigenvalue weighted by atomic mass is 10.1. The van der Waals surface area contributed by atoms with Gasteiger partial charge in [-0.3, -0.25) is 4.98 Å². The third kappa shape index (κ3) is 1.97. The van der Waals surface area contributed by atoms with Crippen LogP contribution in [0.25, 0.3) is 11.1 Å². The van der Waals surface area contributed by atoms with Crippen molar-refractivity contribution in [1.29, 1.82) is 0 Å². The lowest BCUT2D eigenvalue weighted by Crippen LogP contribution is -1.97. The summed E-state index contributed by atoms with van der Waals surface area (Å²) in [6.07, 6.45) is 3.44. The van der Waals surface area contributed by atoms with Crippen molar-refractivity contribution < 1.29 is 5.11 Å². The van der Waals surface area contributed by atoms with Crippen LogP contribution in [0.5, 0.6) is 5.75 Å². The highest BCUT2D eigenvalue weighted by molar-refractivity contribution is 5.69. The van der Waals surface area contributed by atoms with Crippen LogP contribution in [0.2, 0.25) is 0 Å². The number of phenolic OH excluding ortho intramolecular Hbond substituents is 1. The molecule has 2 aromatic rings. The highest BCUT2D eigenvalue weighted by Crippen LogP contribution is 2.28. The van der Waals surface area contributed by atoms with E-state index in [1.165, 1.54) is 0 Å². The maximum absolute atomic E-state index is 9.67. The quantitative estimate of drug-likeness (QED) is 0.778. The molecule has 0 amide bonds. The molecule has 0 radical (unpaired) electrons. The predicted molar refractivity (Wildman–Crippen MR) is 59.2 cm³/mol. The monoisotopic (exact) mass is 200 g/mol. The standard InChI is InChI=1S/C12H12N2O/c13-6-9-5-10(8-14-7-9)11-3-1-2-4-12(11)15/h1-5,7-8,15H,6,13H2. The molecule has 1 aromatic carbocycles. The molecule has 0 atom stereocenters. The third-order valence-corrected chi connectivity index (χ3v) is 2.25. The van der Waals surface area contributed by atoms with Crippen molar-refractivity contribution in [3.05, 3.63) is 48.3 Å². The van der Waals surface area contributed by atoms with Gasteiger partial charge >= 0.3 is 0 Å². The summed E-state index contributed by atoms with van der Waals surface area (Å²) in [6.45, 7) is 0.453. The van der Waals surface area contributed by atoms with Gasteiger partial charge in [-0.1, -0.05) is 18.2 Å². The molecule has 76 valence electrons. The first kappa shape index (κ1) is 9.68. The Balaban J connectivity index is 2.49. The van der Waals surface area contributed by atoms with Crippen molar-refractivity contribution in [3.63, 3.8) is 0 Å². The van der Waals surface area contributed by atoms with E-state index in [2.05, 4.69) is 4.98 Å². The average molecular weight is 200 g/mol. The van der Waals surface area contributed by atoms with Crippen LogP contribution in [0.3, 0.4) is 0 Å². The van der Waals surface area contributed by atoms with Crippen LogP contribution >= 0.6 is 0 Å². The molecule has 3 nitrogen and oxygen atoms in total. The summed E-state index contributed by atoms with van der Waals surface area (Å²) in [5.41, 5.74) is 8.15. The van der Waals surface area contributed by atoms with Crippen molar-refractivity contribution in [2.75, 3.05) is 0 Å². The minimum Gasteiger partial charge on any atom is -0.507 e. The second-order valence-corrected chi connectivity index (χ2v) is 3.30. The van der Waals surface area contributed by atoms with E-state index in [1.807, 2.05) is 18.2 Å². The third-order valence-electron chi connectivity index (χ3n) is 2.25. The van der Waals surface area contributed by atoms with E-state index in [4.69, 9.17) is 5.73 Å². The van der Waals surface area contributed by atoms with Crippen LogP contribution in [0.4, 0.5) is 0 Å². The van der Waals surface area contributed by atoms with Gasteiger partial charge in [0.05, 0.1) is 0 Å². The summed E-state index contributed by atoms with van der Waals surface area (Å²) in [7, 11) is 0. The lowest BCUT2D eigenvalue weighted by Gasteiger charge is -2.05. The van der Waals surface area contributed by atoms with Crippen LogP contribution in [0.1, 0.15) is 5.56 Å². The Morgan fingerprint density at radius 2 is 2.00 bits per heavy atom. The molecule has 0 saturated heterocycles. The van der Waals surface area contributed by atoms with E-state index in [-0.39, 0.29) is 5.75 Å². The van der Waals surface area contributed by atoms with E-state index >= 15 is 0 Å². The molecule has 0 aliphatic rings. The van der Waals surface area contributed by atoms with Crippen LogP contribution in [0, 0.1) is 0 Å². The zero-order chi connectivity index (χ0) is 10.7. The van der Waals surface area contributed by atoms with Gasteiger partial charge in [0.2, 0.25) is 0 Å². The predicted octanol–water partition coefficient (Wildman–Crippen LogP) is 1.91. The fourth-order valence-corrected chi connectivity index (χ4v) is 1.46. The molecular formula is C12H12N2O. The van der Waals surface area contributed by atoms with E-state index in [0.717, 1.165) is 16.7 Å². The Morgan fingerprint density at radius 3 is 2.73 bits per heavy atom. The molecule has 1 heterocycles. The van der Waals surface area contributed by atoms with Gasteiger partial charge in [-0.2, -0.15) is 0 Å². The van der Waals surface area contributed by atoms with Gasteiger partial charge < -0.3 is 10.8 Å². The molecule has 0 unspecified atom stereocenters. The van der Waals surface area contributed by atoms with Gasteiger partial charge in [0.1, 0.15) is 5.75 Å². The fourth-order valence-electron chi connectivity index (χ4n) is 1.46. The van der Waals surface area contributed by atoms with Gasteiger partial charge in [0.25, 0.3) is 0 Å². The van der Waals surface area contributed by atoms with Gasteiger partial charge in [0.15, 0.2) is 0 Å². The first-order valence-corrected chi connectivity index (χ1v) is 4.73. The molecule has 3 N–H and O–H groups in total. The van der Waals surface area contributed by atoms with Crippen molar-refractivity contribution in [2.45, 2.75) is 6.54 Å². The van der Waals surface area contributed by atoms with Gasteiger partial charge in [-0.05, 0) is 17.7 Å². The van der Waals surface area contributed by atoms with E-state index in [1.54, 1.807) is 24.5 Å². The molecule has 15 heavy (non-hydrogen) atoms. The van der Waals surface area contributed by atoms with Crippen molar-refractivity contribution in [2.24, 2.45) is 5.73 Å². The number of rotatable bonds is 2. The van der Waals surface area contributed by atoms with Gasteiger partial charge in [0, 0.05) is 30.1 Å². The molecule has 0 aliphatic carbocycles. The Kier molecular flexibility index (Phi) is 2.65. The largest absolute Gasteiger partial charge is 0.507 e. The van der Waals surface area contributed by atoms with Gasteiger partial charge in [-0.25, -0.2) is 0 Å². The second-order valence-electron chi connectivity index (χ2n) is 3.30. The smallest absolute Gasteiger partial charge is 0.123 e. The van der Waals surface area contributed by atoms with Crippen LogP contribution in [-0.4, -0.2) is 10.1 Å². The van der Waals surface area contributed by atoms with Gasteiger partial charge in [-0.15, -0.1) is 0 Å². The van der Waals surface area contributed by atoms with E-state index in [9.17, 15) is 5.11 Å². The summed E-state index contributed by atoms with van der Waals surface area (Å²) in [4.78, 5) is 4.08. The van der Waals surface area contributed by atoms with Crippen LogP contribution < -0.4 is 5.73 Å². The van der Waals surface area contributed by atoms with Crippen molar-refractivity contribution >= 4 is 0 Å². The minimum absolute atomic E-state index is 0.258. The number of phenols is 1. The second kappa shape index (κ2) is 4.11. The lowest BCUT2D eigenvalue weighted by molar-refractivity contribution is 0.477. The SMILES string of the molecule is NCc1cncc(-c2ccccc2O)c1. The number of benzene rings is 1. The first-order chi connectivity index (χ1) is 7.31. The summed E-state index contributed by atoms with van der Waals surface area (Å²) in [5, 5.41) is 9.67. The number of aromatic nitrogens is 1. The van der Waals surface area contributed by atoms with Crippen molar-refractivity contribution in [3.8, 4) is 16.9 Å². The Morgan fingerprint density at radius 1 is 1.20 bits per heavy atom. The Labute approximate surface area is 88.2 Å². The maximum atomic E-state index is 9.67. The molecule has 0 fully saturated rings. The molecule has 0 spiro atoms. The van der Waals surface area contributed by atoms with E-state index in [0.29, 0.717) is 6.54 Å². The number of aromatic hydroxyl groups is 1. The normalized spacial score (nSPS) is 10.2. The molecule has 3 heteroatoms. The Hall–Kier alpha value is -1.87. The summed E-state index contributed by atoms with van der Waals surface area (Å²) >= 11 is 0. The molecule has 0 bridgehead atoms.